The fourth-order valence-corrected chi connectivity index (χ4v) is 6.70. The molecular formula is C29H40N4Si2. The first-order valence-electron chi connectivity index (χ1n) is 12.4. The molecule has 3 aromatic rings. The van der Waals surface area contributed by atoms with E-state index in [1.807, 2.05) is 0 Å². The zero-order chi connectivity index (χ0) is 25.5. The minimum atomic E-state index is -1.77. The van der Waals surface area contributed by atoms with Crippen molar-refractivity contribution in [1.82, 2.24) is 0 Å². The summed E-state index contributed by atoms with van der Waals surface area (Å²) in [6, 6.07) is 31.7. The Kier molecular flexibility index (Phi) is 8.86. The van der Waals surface area contributed by atoms with Crippen molar-refractivity contribution >= 4 is 39.3 Å². The van der Waals surface area contributed by atoms with E-state index < -0.39 is 16.5 Å². The summed E-state index contributed by atoms with van der Waals surface area (Å²) in [7, 11) is -3.50. The molecule has 184 valence electrons. The quantitative estimate of drug-likeness (QED) is 0.160. The first-order valence-corrected chi connectivity index (χ1v) is 19.3. The molecule has 0 amide bonds. The van der Waals surface area contributed by atoms with Crippen LogP contribution in [-0.4, -0.2) is 27.9 Å². The van der Waals surface area contributed by atoms with Crippen molar-refractivity contribution in [2.75, 3.05) is 9.35 Å². The van der Waals surface area contributed by atoms with E-state index >= 15 is 0 Å². The average Bonchev–Trinajstić information content (AvgIpc) is 2.81. The summed E-state index contributed by atoms with van der Waals surface area (Å²) in [5.41, 5.74) is 5.79. The van der Waals surface area contributed by atoms with E-state index in [2.05, 4.69) is 147 Å². The molecule has 0 aliphatic carbocycles. The molecule has 3 aromatic carbocycles. The topological polar surface area (TPSA) is 31.2 Å². The monoisotopic (exact) mass is 500 g/mol. The minimum absolute atomic E-state index is 0.733. The zero-order valence-electron chi connectivity index (χ0n) is 22.4. The van der Waals surface area contributed by atoms with E-state index in [4.69, 9.17) is 10.2 Å². The molecule has 6 heteroatoms. The van der Waals surface area contributed by atoms with Crippen LogP contribution in [0.25, 0.3) is 0 Å². The van der Waals surface area contributed by atoms with Gasteiger partial charge in [0.25, 0.3) is 0 Å². The smallest absolute Gasteiger partial charge is 0.176 e. The molecule has 0 saturated heterocycles. The van der Waals surface area contributed by atoms with Gasteiger partial charge in [-0.25, -0.2) is 0 Å². The molecule has 0 atom stereocenters. The second-order valence-electron chi connectivity index (χ2n) is 11.0. The molecule has 0 heterocycles. The van der Waals surface area contributed by atoms with Crippen molar-refractivity contribution in [1.29, 1.82) is 0 Å². The number of para-hydroxylation sites is 2. The molecule has 0 aromatic heterocycles. The number of nitrogens with zero attached hydrogens (tertiary/aromatic N) is 4. The lowest BCUT2D eigenvalue weighted by atomic mass is 10.0. The van der Waals surface area contributed by atoms with Crippen LogP contribution >= 0.6 is 0 Å². The van der Waals surface area contributed by atoms with Gasteiger partial charge in [0.05, 0.1) is 0 Å². The van der Waals surface area contributed by atoms with Crippen LogP contribution in [0.15, 0.2) is 101 Å². The summed E-state index contributed by atoms with van der Waals surface area (Å²) in [4.78, 5) is 0. The Bertz CT molecular complexity index is 1120. The fourth-order valence-electron chi connectivity index (χ4n) is 3.94. The highest BCUT2D eigenvalue weighted by molar-refractivity contribution is 6.80. The predicted molar refractivity (Wildman–Crippen MR) is 160 cm³/mol. The molecule has 0 spiro atoms. The molecule has 0 aliphatic heterocycles. The van der Waals surface area contributed by atoms with Gasteiger partial charge in [-0.1, -0.05) is 66.7 Å². The average molecular weight is 501 g/mol. The molecule has 0 saturated carbocycles. The molecule has 35 heavy (non-hydrogen) atoms. The maximum atomic E-state index is 5.32. The Labute approximate surface area is 214 Å². The van der Waals surface area contributed by atoms with Gasteiger partial charge in [-0.2, -0.15) is 10.2 Å². The molecule has 0 bridgehead atoms. The third kappa shape index (κ3) is 8.04. The third-order valence-corrected chi connectivity index (χ3v) is 8.75. The summed E-state index contributed by atoms with van der Waals surface area (Å²) in [5, 5.41) is 10.5. The normalized spacial score (nSPS) is 13.0. The summed E-state index contributed by atoms with van der Waals surface area (Å²) < 4.78 is 4.54. The highest BCUT2D eigenvalue weighted by atomic mass is 28.3. The van der Waals surface area contributed by atoms with Gasteiger partial charge in [0, 0.05) is 35.6 Å². The van der Waals surface area contributed by atoms with Crippen LogP contribution in [-0.2, 0) is 6.42 Å². The van der Waals surface area contributed by atoms with Crippen molar-refractivity contribution in [3.05, 3.63) is 96.6 Å². The van der Waals surface area contributed by atoms with Gasteiger partial charge < -0.3 is 0 Å². The standard InChI is InChI=1S/C29H40N4Si2/c1-25(30-32(34(2,3)4)28-19-13-9-14-20-28)23-27(24-26-17-11-8-12-18-26)31-33(35(5,6)7)29-21-15-10-16-22-29/h8-22H,23-24H2,1-7H3/b30-25+,31-27+. The Balaban J connectivity index is 2.00. The van der Waals surface area contributed by atoms with Gasteiger partial charge in [0.1, 0.15) is 0 Å². The maximum absolute atomic E-state index is 5.32. The third-order valence-electron chi connectivity index (χ3n) is 5.50. The Morgan fingerprint density at radius 1 is 0.600 bits per heavy atom. The second kappa shape index (κ2) is 11.6. The Morgan fingerprint density at radius 3 is 1.43 bits per heavy atom. The molecule has 0 aliphatic rings. The van der Waals surface area contributed by atoms with Crippen molar-refractivity contribution in [3.8, 4) is 0 Å². The number of rotatable bonds is 10. The van der Waals surface area contributed by atoms with Gasteiger partial charge in [0.2, 0.25) is 0 Å². The van der Waals surface area contributed by atoms with E-state index in [-0.39, 0.29) is 0 Å². The van der Waals surface area contributed by atoms with Crippen molar-refractivity contribution in [2.45, 2.75) is 59.0 Å². The van der Waals surface area contributed by atoms with Crippen molar-refractivity contribution in [2.24, 2.45) is 10.2 Å². The Hall–Kier alpha value is -2.97. The molecule has 0 fully saturated rings. The first-order chi connectivity index (χ1) is 16.5. The summed E-state index contributed by atoms with van der Waals surface area (Å²) in [6.07, 6.45) is 1.54. The maximum Gasteiger partial charge on any atom is 0.176 e. The second-order valence-corrected chi connectivity index (χ2v) is 20.5. The van der Waals surface area contributed by atoms with Gasteiger partial charge in [0.15, 0.2) is 16.5 Å². The van der Waals surface area contributed by atoms with Crippen LogP contribution in [0.4, 0.5) is 11.4 Å². The van der Waals surface area contributed by atoms with E-state index in [0.717, 1.165) is 35.6 Å². The van der Waals surface area contributed by atoms with E-state index in [1.165, 1.54) is 5.56 Å². The molecular weight excluding hydrogens is 461 g/mol. The lowest BCUT2D eigenvalue weighted by Crippen LogP contribution is -2.44. The first kappa shape index (κ1) is 26.6. The van der Waals surface area contributed by atoms with Crippen molar-refractivity contribution < 1.29 is 0 Å². The number of anilines is 2. The molecule has 0 unspecified atom stereocenters. The molecule has 0 radical (unpaired) electrons. The van der Waals surface area contributed by atoms with Gasteiger partial charge in [-0.05, 0) is 76.0 Å². The highest BCUT2D eigenvalue weighted by Gasteiger charge is 2.27. The van der Waals surface area contributed by atoms with Crippen LogP contribution in [0.2, 0.25) is 39.3 Å². The molecule has 4 nitrogen and oxygen atoms in total. The predicted octanol–water partition coefficient (Wildman–Crippen LogP) is 8.03. The lowest BCUT2D eigenvalue weighted by Gasteiger charge is -2.33. The van der Waals surface area contributed by atoms with E-state index in [1.54, 1.807) is 0 Å². The zero-order valence-corrected chi connectivity index (χ0v) is 24.4. The van der Waals surface area contributed by atoms with Gasteiger partial charge in [-0.15, -0.1) is 0 Å². The lowest BCUT2D eigenvalue weighted by molar-refractivity contribution is 1.07. The molecule has 3 rings (SSSR count). The van der Waals surface area contributed by atoms with Crippen LogP contribution in [0.3, 0.4) is 0 Å². The summed E-state index contributed by atoms with van der Waals surface area (Å²) in [6.45, 7) is 16.2. The van der Waals surface area contributed by atoms with Crippen LogP contribution in [0.1, 0.15) is 18.9 Å². The van der Waals surface area contributed by atoms with E-state index in [9.17, 15) is 0 Å². The summed E-state index contributed by atoms with van der Waals surface area (Å²) in [5.74, 6) is 0. The number of hydrogen-bond donors (Lipinski definition) is 0. The van der Waals surface area contributed by atoms with E-state index in [0.29, 0.717) is 0 Å². The number of benzene rings is 3. The highest BCUT2D eigenvalue weighted by Crippen LogP contribution is 2.24. The minimum Gasteiger partial charge on any atom is -0.295 e. The summed E-state index contributed by atoms with van der Waals surface area (Å²) >= 11 is 0. The van der Waals surface area contributed by atoms with Gasteiger partial charge >= 0.3 is 0 Å². The van der Waals surface area contributed by atoms with Crippen LogP contribution < -0.4 is 9.35 Å². The largest absolute Gasteiger partial charge is 0.295 e. The van der Waals surface area contributed by atoms with Gasteiger partial charge in [-0.3, -0.25) is 9.35 Å². The fraction of sp³-hybridized carbons (Fsp3) is 0.310. The number of hydrogen-bond acceptors (Lipinski definition) is 4. The van der Waals surface area contributed by atoms with Crippen molar-refractivity contribution in [3.63, 3.8) is 0 Å². The molecule has 0 N–H and O–H groups in total. The SMILES string of the molecule is C/C(C/C(Cc1ccccc1)=N\N(c1ccccc1)[Si](C)(C)C)=N\N(c1ccccc1)[Si](C)(C)C. The van der Waals surface area contributed by atoms with Crippen LogP contribution in [0.5, 0.6) is 0 Å². The Morgan fingerprint density at radius 2 is 1.00 bits per heavy atom. The van der Waals surface area contributed by atoms with Crippen LogP contribution in [0, 0.1) is 0 Å². The number of hydrazone groups is 2.